The molecule has 0 radical (unpaired) electrons. The number of sulfonamides is 1. The molecule has 0 atom stereocenters. The number of carbonyl (C=O) groups is 1. The number of amides is 1. The van der Waals surface area contributed by atoms with E-state index in [0.29, 0.717) is 24.3 Å². The highest BCUT2D eigenvalue weighted by molar-refractivity contribution is 7.89. The third kappa shape index (κ3) is 5.99. The van der Waals surface area contributed by atoms with Gasteiger partial charge in [-0.15, -0.1) is 10.2 Å². The molecule has 2 aliphatic rings. The first kappa shape index (κ1) is 25.4. The molecule has 37 heavy (non-hydrogen) atoms. The van der Waals surface area contributed by atoms with E-state index < -0.39 is 10.0 Å². The average Bonchev–Trinajstić information content (AvgIpc) is 3.24. The van der Waals surface area contributed by atoms with E-state index in [2.05, 4.69) is 20.4 Å². The summed E-state index contributed by atoms with van der Waals surface area (Å²) >= 11 is 0. The Kier molecular flexibility index (Phi) is 7.81. The van der Waals surface area contributed by atoms with Crippen LogP contribution in [0.3, 0.4) is 0 Å². The van der Waals surface area contributed by atoms with Crippen molar-refractivity contribution in [2.45, 2.75) is 49.8 Å². The number of hydrogen-bond acceptors (Lipinski definition) is 6. The third-order valence-electron chi connectivity index (χ3n) is 7.09. The first-order valence-corrected chi connectivity index (χ1v) is 14.6. The summed E-state index contributed by atoms with van der Waals surface area (Å²) in [4.78, 5) is 15.3. The van der Waals surface area contributed by atoms with Crippen LogP contribution in [0.1, 0.15) is 55.3 Å². The van der Waals surface area contributed by atoms with Crippen molar-refractivity contribution < 1.29 is 13.2 Å². The van der Waals surface area contributed by atoms with Gasteiger partial charge in [-0.25, -0.2) is 8.42 Å². The number of aromatic nitrogens is 2. The average molecular weight is 520 g/mol. The molecular formula is C28H33N5O3S. The Morgan fingerprint density at radius 2 is 1.32 bits per heavy atom. The monoisotopic (exact) mass is 519 g/mol. The van der Waals surface area contributed by atoms with Crippen LogP contribution >= 0.6 is 0 Å². The molecule has 3 heterocycles. The van der Waals surface area contributed by atoms with Crippen LogP contribution in [0.5, 0.6) is 0 Å². The number of nitrogens with zero attached hydrogens (tertiary/aromatic N) is 4. The van der Waals surface area contributed by atoms with Crippen LogP contribution in [-0.2, 0) is 10.0 Å². The summed E-state index contributed by atoms with van der Waals surface area (Å²) in [5.74, 6) is 0.626. The molecule has 2 saturated heterocycles. The summed E-state index contributed by atoms with van der Waals surface area (Å²) in [6.45, 7) is 3.16. The number of nitrogens with one attached hydrogen (secondary N) is 1. The van der Waals surface area contributed by atoms with E-state index >= 15 is 0 Å². The normalized spacial score (nSPS) is 17.2. The van der Waals surface area contributed by atoms with E-state index in [1.807, 2.05) is 36.4 Å². The van der Waals surface area contributed by atoms with Crippen molar-refractivity contribution in [2.75, 3.05) is 36.4 Å². The van der Waals surface area contributed by atoms with Gasteiger partial charge in [0.2, 0.25) is 10.0 Å². The van der Waals surface area contributed by atoms with E-state index in [4.69, 9.17) is 0 Å². The molecule has 5 rings (SSSR count). The van der Waals surface area contributed by atoms with Crippen LogP contribution < -0.4 is 10.2 Å². The van der Waals surface area contributed by atoms with E-state index in [0.717, 1.165) is 49.4 Å². The van der Waals surface area contributed by atoms with Gasteiger partial charge in [-0.2, -0.15) is 4.31 Å². The van der Waals surface area contributed by atoms with Crippen molar-refractivity contribution in [1.29, 1.82) is 0 Å². The van der Waals surface area contributed by atoms with Crippen molar-refractivity contribution in [3.8, 4) is 11.3 Å². The molecule has 0 aliphatic carbocycles. The number of anilines is 2. The largest absolute Gasteiger partial charge is 0.355 e. The smallest absolute Gasteiger partial charge is 0.255 e. The quantitative estimate of drug-likeness (QED) is 0.495. The van der Waals surface area contributed by atoms with Gasteiger partial charge in [0.25, 0.3) is 5.91 Å². The zero-order chi connectivity index (χ0) is 25.7. The van der Waals surface area contributed by atoms with Crippen molar-refractivity contribution in [1.82, 2.24) is 14.5 Å². The van der Waals surface area contributed by atoms with E-state index in [9.17, 15) is 13.2 Å². The predicted molar refractivity (Wildman–Crippen MR) is 145 cm³/mol. The van der Waals surface area contributed by atoms with Gasteiger partial charge in [-0.1, -0.05) is 31.4 Å². The van der Waals surface area contributed by atoms with Crippen LogP contribution in [-0.4, -0.2) is 55.0 Å². The Labute approximate surface area is 218 Å². The second-order valence-electron chi connectivity index (χ2n) is 9.70. The molecule has 1 amide bonds. The Hall–Kier alpha value is -3.30. The molecule has 0 bridgehead atoms. The number of hydrogen-bond donors (Lipinski definition) is 1. The summed E-state index contributed by atoms with van der Waals surface area (Å²) < 4.78 is 27.2. The lowest BCUT2D eigenvalue weighted by molar-refractivity contribution is 0.102. The van der Waals surface area contributed by atoms with Gasteiger partial charge in [-0.3, -0.25) is 4.79 Å². The highest BCUT2D eigenvalue weighted by atomic mass is 32.2. The fourth-order valence-electron chi connectivity index (χ4n) is 4.91. The third-order valence-corrected chi connectivity index (χ3v) is 9.00. The molecule has 3 aromatic rings. The maximum atomic E-state index is 12.8. The molecule has 2 aromatic carbocycles. The van der Waals surface area contributed by atoms with Crippen LogP contribution in [0.4, 0.5) is 11.5 Å². The molecule has 1 aromatic heterocycles. The SMILES string of the molecule is O=C(Nc1ccc(-c2ccc(N3CCCCCC3)nn2)cc1)c1ccc(S(=O)(=O)N2CCCCC2)cc1. The predicted octanol–water partition coefficient (Wildman–Crippen LogP) is 4.95. The zero-order valence-electron chi connectivity index (χ0n) is 21.0. The van der Waals surface area contributed by atoms with E-state index in [1.165, 1.54) is 42.1 Å². The molecule has 0 unspecified atom stereocenters. The van der Waals surface area contributed by atoms with E-state index in [1.54, 1.807) is 12.1 Å². The standard InChI is InChI=1S/C28H33N5O3S/c34-28(23-10-14-25(15-11-23)37(35,36)33-20-6-3-7-21-33)29-24-12-8-22(9-13-24)26-16-17-27(31-30-26)32-18-4-1-2-5-19-32/h8-17H,1-7,18-21H2,(H,29,34). The van der Waals surface area contributed by atoms with Gasteiger partial charge in [-0.05, 0) is 74.2 Å². The first-order chi connectivity index (χ1) is 18.0. The number of benzene rings is 2. The Morgan fingerprint density at radius 3 is 1.95 bits per heavy atom. The summed E-state index contributed by atoms with van der Waals surface area (Å²) in [5.41, 5.74) is 2.74. The minimum atomic E-state index is -3.52. The van der Waals surface area contributed by atoms with Crippen LogP contribution in [0.15, 0.2) is 65.6 Å². The molecule has 8 nitrogen and oxygen atoms in total. The zero-order valence-corrected chi connectivity index (χ0v) is 21.8. The maximum Gasteiger partial charge on any atom is 0.255 e. The van der Waals surface area contributed by atoms with Crippen LogP contribution in [0.2, 0.25) is 0 Å². The van der Waals surface area contributed by atoms with Crippen molar-refractivity contribution >= 4 is 27.4 Å². The molecular weight excluding hydrogens is 486 g/mol. The summed E-state index contributed by atoms with van der Waals surface area (Å²) in [7, 11) is -3.52. The summed E-state index contributed by atoms with van der Waals surface area (Å²) in [6.07, 6.45) is 7.76. The van der Waals surface area contributed by atoms with Gasteiger partial charge in [0.15, 0.2) is 5.82 Å². The van der Waals surface area contributed by atoms with E-state index in [-0.39, 0.29) is 10.8 Å². The van der Waals surface area contributed by atoms with Gasteiger partial charge in [0, 0.05) is 43.0 Å². The Bertz CT molecular complexity index is 1300. The molecule has 2 fully saturated rings. The maximum absolute atomic E-state index is 12.8. The highest BCUT2D eigenvalue weighted by Crippen LogP contribution is 2.24. The molecule has 9 heteroatoms. The fraction of sp³-hybridized carbons (Fsp3) is 0.393. The van der Waals surface area contributed by atoms with Crippen LogP contribution in [0, 0.1) is 0 Å². The Balaban J connectivity index is 1.21. The molecule has 1 N–H and O–H groups in total. The minimum Gasteiger partial charge on any atom is -0.355 e. The second-order valence-corrected chi connectivity index (χ2v) is 11.6. The molecule has 194 valence electrons. The van der Waals surface area contributed by atoms with Gasteiger partial charge >= 0.3 is 0 Å². The van der Waals surface area contributed by atoms with Gasteiger partial charge < -0.3 is 10.2 Å². The lowest BCUT2D eigenvalue weighted by atomic mass is 10.1. The fourth-order valence-corrected chi connectivity index (χ4v) is 6.42. The highest BCUT2D eigenvalue weighted by Gasteiger charge is 2.26. The van der Waals surface area contributed by atoms with Crippen LogP contribution in [0.25, 0.3) is 11.3 Å². The molecule has 2 aliphatic heterocycles. The Morgan fingerprint density at radius 1 is 0.703 bits per heavy atom. The first-order valence-electron chi connectivity index (χ1n) is 13.1. The lowest BCUT2D eigenvalue weighted by Gasteiger charge is -2.25. The van der Waals surface area contributed by atoms with Gasteiger partial charge in [0.05, 0.1) is 10.6 Å². The number of carbonyl (C=O) groups excluding carboxylic acids is 1. The second kappa shape index (κ2) is 11.4. The molecule has 0 spiro atoms. The summed E-state index contributed by atoms with van der Waals surface area (Å²) in [6, 6.07) is 17.6. The van der Waals surface area contributed by atoms with Gasteiger partial charge in [0.1, 0.15) is 0 Å². The van der Waals surface area contributed by atoms with Crippen molar-refractivity contribution in [3.63, 3.8) is 0 Å². The van der Waals surface area contributed by atoms with Crippen molar-refractivity contribution in [2.24, 2.45) is 0 Å². The topological polar surface area (TPSA) is 95.5 Å². The number of piperidine rings is 1. The molecule has 0 saturated carbocycles. The lowest BCUT2D eigenvalue weighted by Crippen LogP contribution is -2.35. The van der Waals surface area contributed by atoms with Crippen molar-refractivity contribution in [3.05, 3.63) is 66.2 Å². The minimum absolute atomic E-state index is 0.221. The number of rotatable bonds is 6. The summed E-state index contributed by atoms with van der Waals surface area (Å²) in [5, 5.41) is 11.7.